The Morgan fingerprint density at radius 1 is 1.09 bits per heavy atom. The van der Waals surface area contributed by atoms with Gasteiger partial charge in [-0.15, -0.1) is 0 Å². The summed E-state index contributed by atoms with van der Waals surface area (Å²) in [5, 5.41) is 19.5. The Bertz CT molecular complexity index is 460. The second-order valence-corrected chi connectivity index (χ2v) is 5.22. The number of hydrogen-bond acceptors (Lipinski definition) is 3. The first-order valence-corrected chi connectivity index (χ1v) is 7.48. The summed E-state index contributed by atoms with van der Waals surface area (Å²) in [5.41, 5.74) is -0.353. The molecular formula is C16H23F3O3. The monoisotopic (exact) mass is 320 g/mol. The van der Waals surface area contributed by atoms with Gasteiger partial charge < -0.3 is 14.9 Å². The van der Waals surface area contributed by atoms with E-state index >= 15 is 0 Å². The van der Waals surface area contributed by atoms with Gasteiger partial charge in [-0.25, -0.2) is 0 Å². The van der Waals surface area contributed by atoms with Crippen LogP contribution < -0.4 is 4.74 Å². The van der Waals surface area contributed by atoms with Crippen LogP contribution >= 0.6 is 0 Å². The van der Waals surface area contributed by atoms with Crippen molar-refractivity contribution in [1.29, 1.82) is 0 Å². The number of aliphatic hydroxyl groups is 2. The molecule has 0 aliphatic rings. The zero-order chi connectivity index (χ0) is 16.8. The maximum absolute atomic E-state index is 12.8. The summed E-state index contributed by atoms with van der Waals surface area (Å²) < 4.78 is 43.7. The lowest BCUT2D eigenvalue weighted by molar-refractivity contribution is -0.137. The predicted octanol–water partition coefficient (Wildman–Crippen LogP) is 3.56. The van der Waals surface area contributed by atoms with Crippen molar-refractivity contribution in [3.8, 4) is 5.75 Å². The molecule has 0 radical (unpaired) electrons. The molecule has 3 nitrogen and oxygen atoms in total. The van der Waals surface area contributed by atoms with Crippen LogP contribution in [0.1, 0.15) is 44.2 Å². The summed E-state index contributed by atoms with van der Waals surface area (Å²) >= 11 is 0. The summed E-state index contributed by atoms with van der Waals surface area (Å²) in [6.45, 7) is 3.98. The maximum Gasteiger partial charge on any atom is 0.416 e. The van der Waals surface area contributed by atoms with Gasteiger partial charge in [-0.2, -0.15) is 13.2 Å². The minimum absolute atomic E-state index is 0.183. The minimum atomic E-state index is -4.42. The molecular weight excluding hydrogens is 297 g/mol. The molecule has 0 aliphatic heterocycles. The number of hydrogen-bond donors (Lipinski definition) is 2. The molecule has 0 saturated heterocycles. The summed E-state index contributed by atoms with van der Waals surface area (Å²) in [6.07, 6.45) is -4.65. The Balaban J connectivity index is 2.86. The first kappa shape index (κ1) is 18.8. The smallest absolute Gasteiger partial charge is 0.416 e. The number of halogens is 3. The first-order valence-electron chi connectivity index (χ1n) is 7.48. The number of alkyl halides is 3. The van der Waals surface area contributed by atoms with Gasteiger partial charge in [-0.3, -0.25) is 0 Å². The van der Waals surface area contributed by atoms with Crippen LogP contribution in [0.25, 0.3) is 0 Å². The van der Waals surface area contributed by atoms with Crippen LogP contribution in [0.4, 0.5) is 13.2 Å². The molecule has 6 heteroatoms. The molecule has 2 unspecified atom stereocenters. The van der Waals surface area contributed by atoms with Crippen molar-refractivity contribution in [3.63, 3.8) is 0 Å². The molecule has 1 aromatic rings. The fourth-order valence-electron chi connectivity index (χ4n) is 2.23. The lowest BCUT2D eigenvalue weighted by Gasteiger charge is -2.18. The topological polar surface area (TPSA) is 49.7 Å². The number of aryl methyl sites for hydroxylation is 1. The quantitative estimate of drug-likeness (QED) is 0.770. The van der Waals surface area contributed by atoms with Gasteiger partial charge in [0.1, 0.15) is 5.75 Å². The molecule has 1 aromatic carbocycles. The van der Waals surface area contributed by atoms with Crippen molar-refractivity contribution in [2.24, 2.45) is 0 Å². The van der Waals surface area contributed by atoms with Gasteiger partial charge >= 0.3 is 6.18 Å². The second-order valence-electron chi connectivity index (χ2n) is 5.22. The molecule has 0 amide bonds. The van der Waals surface area contributed by atoms with Crippen LogP contribution in [0.2, 0.25) is 0 Å². The number of ether oxygens (including phenoxy) is 1. The van der Waals surface area contributed by atoms with Gasteiger partial charge in [0.2, 0.25) is 0 Å². The zero-order valence-corrected chi connectivity index (χ0v) is 12.9. The molecule has 0 saturated carbocycles. The molecule has 22 heavy (non-hydrogen) atoms. The second kappa shape index (κ2) is 8.39. The Morgan fingerprint density at radius 3 is 2.27 bits per heavy atom. The summed E-state index contributed by atoms with van der Waals surface area (Å²) in [7, 11) is 0. The summed E-state index contributed by atoms with van der Waals surface area (Å²) in [6, 6.07) is 3.33. The fourth-order valence-corrected chi connectivity index (χ4v) is 2.23. The van der Waals surface area contributed by atoms with Gasteiger partial charge in [0, 0.05) is 0 Å². The van der Waals surface area contributed by atoms with E-state index < -0.39 is 23.9 Å². The molecule has 0 fully saturated rings. The molecule has 2 atom stereocenters. The fraction of sp³-hybridized carbons (Fsp3) is 0.625. The Hall–Kier alpha value is -1.27. The third-order valence-electron chi connectivity index (χ3n) is 3.43. The van der Waals surface area contributed by atoms with E-state index in [0.29, 0.717) is 24.3 Å². The van der Waals surface area contributed by atoms with Gasteiger partial charge in [0.25, 0.3) is 0 Å². The zero-order valence-electron chi connectivity index (χ0n) is 12.9. The summed E-state index contributed by atoms with van der Waals surface area (Å²) in [5.74, 6) is 0.382. The third-order valence-corrected chi connectivity index (χ3v) is 3.43. The highest BCUT2D eigenvalue weighted by atomic mass is 19.4. The molecule has 126 valence electrons. The van der Waals surface area contributed by atoms with E-state index in [9.17, 15) is 23.4 Å². The molecule has 0 aromatic heterocycles. The van der Waals surface area contributed by atoms with Gasteiger partial charge in [-0.1, -0.05) is 13.3 Å². The lowest BCUT2D eigenvalue weighted by atomic mass is 9.99. The Morgan fingerprint density at radius 2 is 1.73 bits per heavy atom. The van der Waals surface area contributed by atoms with Crippen molar-refractivity contribution in [2.75, 3.05) is 6.61 Å². The predicted molar refractivity (Wildman–Crippen MR) is 77.9 cm³/mol. The van der Waals surface area contributed by atoms with Crippen molar-refractivity contribution >= 4 is 0 Å². The molecule has 0 heterocycles. The van der Waals surface area contributed by atoms with Crippen molar-refractivity contribution < 1.29 is 28.1 Å². The number of aliphatic hydroxyl groups excluding tert-OH is 2. The molecule has 0 bridgehead atoms. The standard InChI is InChI=1S/C16H23F3O3/c1-3-5-13(20)14(21)8-6-11-10-12(16(17,18)19)7-9-15(11)22-4-2/h7,9-10,13-14,20-21H,3-6,8H2,1-2H3. The van der Waals surface area contributed by atoms with E-state index in [1.807, 2.05) is 6.92 Å². The normalized spacial score (nSPS) is 14.7. The average molecular weight is 320 g/mol. The van der Waals surface area contributed by atoms with Crippen LogP contribution in [-0.2, 0) is 12.6 Å². The van der Waals surface area contributed by atoms with Gasteiger partial charge in [0.15, 0.2) is 0 Å². The van der Waals surface area contributed by atoms with E-state index in [0.717, 1.165) is 18.6 Å². The van der Waals surface area contributed by atoms with Crippen LogP contribution in [-0.4, -0.2) is 29.0 Å². The largest absolute Gasteiger partial charge is 0.494 e. The van der Waals surface area contributed by atoms with E-state index in [1.165, 1.54) is 6.07 Å². The first-order chi connectivity index (χ1) is 10.3. The highest BCUT2D eigenvalue weighted by Crippen LogP contribution is 2.33. The molecule has 0 spiro atoms. The van der Waals surface area contributed by atoms with E-state index in [-0.39, 0.29) is 12.8 Å². The third kappa shape index (κ3) is 5.50. The minimum Gasteiger partial charge on any atom is -0.494 e. The van der Waals surface area contributed by atoms with E-state index in [1.54, 1.807) is 6.92 Å². The number of benzene rings is 1. The maximum atomic E-state index is 12.8. The molecule has 0 aliphatic carbocycles. The van der Waals surface area contributed by atoms with E-state index in [2.05, 4.69) is 0 Å². The average Bonchev–Trinajstić information content (AvgIpc) is 2.45. The van der Waals surface area contributed by atoms with Crippen molar-refractivity contribution in [2.45, 2.75) is 57.9 Å². The SMILES string of the molecule is CCCC(O)C(O)CCc1cc(C(F)(F)F)ccc1OCC. The lowest BCUT2D eigenvalue weighted by Crippen LogP contribution is -2.26. The highest BCUT2D eigenvalue weighted by molar-refractivity contribution is 5.38. The van der Waals surface area contributed by atoms with Crippen LogP contribution in [0.15, 0.2) is 18.2 Å². The van der Waals surface area contributed by atoms with E-state index in [4.69, 9.17) is 4.74 Å². The molecule has 2 N–H and O–H groups in total. The van der Waals surface area contributed by atoms with Crippen LogP contribution in [0.3, 0.4) is 0 Å². The van der Waals surface area contributed by atoms with Gasteiger partial charge in [-0.05, 0) is 49.9 Å². The molecule has 1 rings (SSSR count). The number of rotatable bonds is 8. The summed E-state index contributed by atoms with van der Waals surface area (Å²) in [4.78, 5) is 0. The van der Waals surface area contributed by atoms with Crippen LogP contribution in [0, 0.1) is 0 Å². The van der Waals surface area contributed by atoms with Crippen molar-refractivity contribution in [1.82, 2.24) is 0 Å². The highest BCUT2D eigenvalue weighted by Gasteiger charge is 2.31. The van der Waals surface area contributed by atoms with Crippen LogP contribution in [0.5, 0.6) is 5.75 Å². The Kier molecular flexibility index (Phi) is 7.16. The van der Waals surface area contributed by atoms with Gasteiger partial charge in [0.05, 0.1) is 24.4 Å². The Labute approximate surface area is 128 Å². The van der Waals surface area contributed by atoms with Crippen molar-refractivity contribution in [3.05, 3.63) is 29.3 Å².